The van der Waals surface area contributed by atoms with Crippen molar-refractivity contribution in [3.63, 3.8) is 0 Å². The minimum absolute atomic E-state index is 0.165. The standard InChI is InChI=1S/C21H18N4O4S2/c1-13-5-6-16(12-18(13)22-14(2)26)21-23-20(24-29-21)15-7-9-17(10-8-15)25-31(27,28)19-4-3-11-30-19/h3-12,25H,1-2H3,(H,22,26). The molecule has 0 aliphatic heterocycles. The average Bonchev–Trinajstić information content (AvgIpc) is 3.42. The van der Waals surface area contributed by atoms with Crippen LogP contribution in [0.2, 0.25) is 0 Å². The van der Waals surface area contributed by atoms with E-state index >= 15 is 0 Å². The summed E-state index contributed by atoms with van der Waals surface area (Å²) >= 11 is 1.15. The lowest BCUT2D eigenvalue weighted by Gasteiger charge is -2.07. The van der Waals surface area contributed by atoms with Gasteiger partial charge >= 0.3 is 0 Å². The van der Waals surface area contributed by atoms with E-state index in [0.717, 1.165) is 16.9 Å². The first-order chi connectivity index (χ1) is 14.8. The summed E-state index contributed by atoms with van der Waals surface area (Å²) in [4.78, 5) is 15.8. The van der Waals surface area contributed by atoms with E-state index < -0.39 is 10.0 Å². The van der Waals surface area contributed by atoms with Crippen molar-refractivity contribution in [2.45, 2.75) is 18.1 Å². The zero-order valence-corrected chi connectivity index (χ0v) is 18.3. The zero-order chi connectivity index (χ0) is 22.0. The van der Waals surface area contributed by atoms with E-state index in [-0.39, 0.29) is 10.1 Å². The van der Waals surface area contributed by atoms with Crippen LogP contribution in [0.1, 0.15) is 12.5 Å². The molecule has 2 N–H and O–H groups in total. The summed E-state index contributed by atoms with van der Waals surface area (Å²) in [6.45, 7) is 3.34. The molecule has 2 aromatic carbocycles. The van der Waals surface area contributed by atoms with Gasteiger partial charge in [0.25, 0.3) is 15.9 Å². The molecule has 2 heterocycles. The minimum atomic E-state index is -3.61. The Morgan fingerprint density at radius 1 is 1.06 bits per heavy atom. The summed E-state index contributed by atoms with van der Waals surface area (Å²) < 4.78 is 32.8. The molecule has 1 amide bonds. The molecule has 0 radical (unpaired) electrons. The summed E-state index contributed by atoms with van der Waals surface area (Å²) in [6, 6.07) is 15.4. The van der Waals surface area contributed by atoms with E-state index in [0.29, 0.717) is 34.2 Å². The first-order valence-corrected chi connectivity index (χ1v) is 11.6. The molecule has 4 aromatic rings. The molecule has 0 saturated heterocycles. The number of anilines is 2. The number of aryl methyl sites for hydroxylation is 1. The summed E-state index contributed by atoms with van der Waals surface area (Å²) in [5.74, 6) is 0.509. The number of thiophene rings is 1. The van der Waals surface area contributed by atoms with Crippen molar-refractivity contribution in [1.82, 2.24) is 10.1 Å². The number of amides is 1. The van der Waals surface area contributed by atoms with E-state index in [2.05, 4.69) is 20.2 Å². The second-order valence-corrected chi connectivity index (χ2v) is 9.61. The number of nitrogens with one attached hydrogen (secondary N) is 2. The Labute approximate surface area is 183 Å². The van der Waals surface area contributed by atoms with Crippen molar-refractivity contribution in [2.24, 2.45) is 0 Å². The molecular formula is C21H18N4O4S2. The maximum atomic E-state index is 12.3. The normalized spacial score (nSPS) is 11.3. The van der Waals surface area contributed by atoms with Gasteiger partial charge < -0.3 is 9.84 Å². The third kappa shape index (κ3) is 4.65. The Hall–Kier alpha value is -3.50. The SMILES string of the molecule is CC(=O)Nc1cc(-c2nc(-c3ccc(NS(=O)(=O)c4cccs4)cc3)no2)ccc1C. The number of rotatable bonds is 6. The highest BCUT2D eigenvalue weighted by Gasteiger charge is 2.16. The largest absolute Gasteiger partial charge is 0.334 e. The predicted octanol–water partition coefficient (Wildman–Crippen LogP) is 4.53. The Kier molecular flexibility index (Phi) is 5.57. The molecule has 158 valence electrons. The number of carbonyl (C=O) groups excluding carboxylic acids is 1. The first kappa shape index (κ1) is 20.8. The molecule has 0 spiro atoms. The van der Waals surface area contributed by atoms with E-state index in [4.69, 9.17) is 4.52 Å². The van der Waals surface area contributed by atoms with E-state index in [9.17, 15) is 13.2 Å². The molecule has 8 nitrogen and oxygen atoms in total. The first-order valence-electron chi connectivity index (χ1n) is 9.21. The third-order valence-electron chi connectivity index (χ3n) is 4.38. The van der Waals surface area contributed by atoms with Gasteiger partial charge in [-0.2, -0.15) is 4.98 Å². The lowest BCUT2D eigenvalue weighted by atomic mass is 10.1. The molecule has 0 atom stereocenters. The Morgan fingerprint density at radius 2 is 1.81 bits per heavy atom. The van der Waals surface area contributed by atoms with Crippen molar-refractivity contribution in [2.75, 3.05) is 10.0 Å². The zero-order valence-electron chi connectivity index (χ0n) is 16.6. The van der Waals surface area contributed by atoms with Crippen LogP contribution in [-0.2, 0) is 14.8 Å². The van der Waals surface area contributed by atoms with Crippen molar-refractivity contribution in [3.8, 4) is 22.8 Å². The number of carbonyl (C=O) groups is 1. The van der Waals surface area contributed by atoms with E-state index in [1.807, 2.05) is 19.1 Å². The van der Waals surface area contributed by atoms with Gasteiger partial charge in [-0.15, -0.1) is 11.3 Å². The van der Waals surface area contributed by atoms with Gasteiger partial charge in [0.1, 0.15) is 4.21 Å². The van der Waals surface area contributed by atoms with Crippen molar-refractivity contribution >= 4 is 38.6 Å². The molecule has 0 fully saturated rings. The molecule has 0 aliphatic carbocycles. The molecule has 0 aliphatic rings. The molecule has 4 rings (SSSR count). The number of hydrogen-bond acceptors (Lipinski definition) is 7. The second-order valence-electron chi connectivity index (χ2n) is 6.75. The van der Waals surface area contributed by atoms with Crippen LogP contribution in [0, 0.1) is 6.92 Å². The van der Waals surface area contributed by atoms with Crippen LogP contribution in [0.4, 0.5) is 11.4 Å². The number of hydrogen-bond donors (Lipinski definition) is 2. The Balaban J connectivity index is 1.54. The number of aromatic nitrogens is 2. The van der Waals surface area contributed by atoms with Crippen LogP contribution >= 0.6 is 11.3 Å². The lowest BCUT2D eigenvalue weighted by molar-refractivity contribution is -0.114. The van der Waals surface area contributed by atoms with Crippen LogP contribution in [-0.4, -0.2) is 24.5 Å². The van der Waals surface area contributed by atoms with Crippen LogP contribution in [0.5, 0.6) is 0 Å². The monoisotopic (exact) mass is 454 g/mol. The van der Waals surface area contributed by atoms with Gasteiger partial charge in [0, 0.05) is 29.4 Å². The highest BCUT2D eigenvalue weighted by Crippen LogP contribution is 2.27. The topological polar surface area (TPSA) is 114 Å². The summed E-state index contributed by atoms with van der Waals surface area (Å²) in [5, 5.41) is 8.49. The maximum Gasteiger partial charge on any atom is 0.271 e. The van der Waals surface area contributed by atoms with Gasteiger partial charge in [0.15, 0.2) is 0 Å². The molecule has 0 saturated carbocycles. The van der Waals surface area contributed by atoms with E-state index in [1.54, 1.807) is 47.8 Å². The van der Waals surface area contributed by atoms with Gasteiger partial charge in [0.05, 0.1) is 0 Å². The minimum Gasteiger partial charge on any atom is -0.334 e. The molecule has 10 heteroatoms. The molecule has 0 bridgehead atoms. The van der Waals surface area contributed by atoms with Gasteiger partial charge in [-0.25, -0.2) is 8.42 Å². The summed E-state index contributed by atoms with van der Waals surface area (Å²) in [6.07, 6.45) is 0. The number of sulfonamides is 1. The van der Waals surface area contributed by atoms with Gasteiger partial charge in [-0.05, 0) is 60.3 Å². The fourth-order valence-electron chi connectivity index (χ4n) is 2.85. The van der Waals surface area contributed by atoms with Crippen molar-refractivity contribution < 1.29 is 17.7 Å². The quantitative estimate of drug-likeness (QED) is 0.442. The fraction of sp³-hybridized carbons (Fsp3) is 0.0952. The molecule has 31 heavy (non-hydrogen) atoms. The summed E-state index contributed by atoms with van der Waals surface area (Å²) in [7, 11) is -3.61. The lowest BCUT2D eigenvalue weighted by Crippen LogP contribution is -2.11. The van der Waals surface area contributed by atoms with Crippen LogP contribution in [0.15, 0.2) is 68.7 Å². The Bertz CT molecular complexity index is 1330. The van der Waals surface area contributed by atoms with E-state index in [1.165, 1.54) is 6.92 Å². The Morgan fingerprint density at radius 3 is 2.48 bits per heavy atom. The number of nitrogens with zero attached hydrogens (tertiary/aromatic N) is 2. The third-order valence-corrected chi connectivity index (χ3v) is 7.16. The molecular weight excluding hydrogens is 436 g/mol. The van der Waals surface area contributed by atoms with Crippen LogP contribution in [0.25, 0.3) is 22.8 Å². The van der Waals surface area contributed by atoms with Gasteiger partial charge in [-0.1, -0.05) is 17.3 Å². The van der Waals surface area contributed by atoms with Crippen molar-refractivity contribution in [3.05, 3.63) is 65.5 Å². The fourth-order valence-corrected chi connectivity index (χ4v) is 4.90. The van der Waals surface area contributed by atoms with Gasteiger partial charge in [0.2, 0.25) is 11.7 Å². The second kappa shape index (κ2) is 8.32. The summed E-state index contributed by atoms with van der Waals surface area (Å²) in [5.41, 5.74) is 3.36. The van der Waals surface area contributed by atoms with Gasteiger partial charge in [-0.3, -0.25) is 9.52 Å². The van der Waals surface area contributed by atoms with Crippen LogP contribution in [0.3, 0.4) is 0 Å². The van der Waals surface area contributed by atoms with Crippen molar-refractivity contribution in [1.29, 1.82) is 0 Å². The van der Waals surface area contributed by atoms with Crippen LogP contribution < -0.4 is 10.0 Å². The smallest absolute Gasteiger partial charge is 0.271 e. The average molecular weight is 455 g/mol. The maximum absolute atomic E-state index is 12.3. The highest BCUT2D eigenvalue weighted by molar-refractivity contribution is 7.94. The highest BCUT2D eigenvalue weighted by atomic mass is 32.2. The molecule has 0 unspecified atom stereocenters. The predicted molar refractivity (Wildman–Crippen MR) is 119 cm³/mol. The molecule has 2 aromatic heterocycles. The number of benzene rings is 2.